The summed E-state index contributed by atoms with van der Waals surface area (Å²) in [5.74, 6) is 0.836. The van der Waals surface area contributed by atoms with Gasteiger partial charge in [-0.25, -0.2) is 4.98 Å². The highest BCUT2D eigenvalue weighted by Crippen LogP contribution is 2.30. The Morgan fingerprint density at radius 3 is 2.53 bits per heavy atom. The van der Waals surface area contributed by atoms with Gasteiger partial charge in [-0.2, -0.15) is 0 Å². The van der Waals surface area contributed by atoms with Gasteiger partial charge in [0.1, 0.15) is 5.75 Å². The van der Waals surface area contributed by atoms with E-state index < -0.39 is 0 Å². The third-order valence-corrected chi connectivity index (χ3v) is 3.69. The third kappa shape index (κ3) is 2.34. The molecule has 0 fully saturated rings. The number of benzene rings is 2. The van der Waals surface area contributed by atoms with Gasteiger partial charge in [0, 0.05) is 15.4 Å². The van der Waals surface area contributed by atoms with Crippen molar-refractivity contribution >= 4 is 26.8 Å². The predicted octanol–water partition coefficient (Wildman–Crippen LogP) is 4.67. The lowest BCUT2D eigenvalue weighted by Gasteiger charge is -2.07. The highest BCUT2D eigenvalue weighted by atomic mass is 79.9. The van der Waals surface area contributed by atoms with E-state index in [1.807, 2.05) is 42.5 Å². The van der Waals surface area contributed by atoms with E-state index in [0.717, 1.165) is 32.4 Å². The van der Waals surface area contributed by atoms with Gasteiger partial charge in [-0.05, 0) is 24.3 Å². The van der Waals surface area contributed by atoms with Crippen LogP contribution in [0.1, 0.15) is 0 Å². The summed E-state index contributed by atoms with van der Waals surface area (Å²) in [4.78, 5) is 4.70. The van der Waals surface area contributed by atoms with E-state index in [2.05, 4.69) is 28.1 Å². The number of halogens is 1. The Morgan fingerprint density at radius 1 is 1.00 bits per heavy atom. The first kappa shape index (κ1) is 12.2. The molecule has 0 spiro atoms. The molecule has 2 aromatic carbocycles. The number of ether oxygens (including phenoxy) is 1. The maximum absolute atomic E-state index is 5.24. The molecule has 94 valence electrons. The smallest absolute Gasteiger partial charge is 0.119 e. The van der Waals surface area contributed by atoms with E-state index in [1.165, 1.54) is 0 Å². The molecule has 0 bridgehead atoms. The van der Waals surface area contributed by atoms with Crippen molar-refractivity contribution < 1.29 is 4.74 Å². The Morgan fingerprint density at radius 2 is 1.79 bits per heavy atom. The van der Waals surface area contributed by atoms with Crippen LogP contribution in [0.15, 0.2) is 59.1 Å². The van der Waals surface area contributed by atoms with Crippen LogP contribution < -0.4 is 4.74 Å². The van der Waals surface area contributed by atoms with E-state index in [-0.39, 0.29) is 0 Å². The normalized spacial score (nSPS) is 10.6. The number of aromatic nitrogens is 1. The Kier molecular flexibility index (Phi) is 3.22. The minimum Gasteiger partial charge on any atom is -0.497 e. The quantitative estimate of drug-likeness (QED) is 0.685. The molecular weight excluding hydrogens is 302 g/mol. The summed E-state index contributed by atoms with van der Waals surface area (Å²) < 4.78 is 6.27. The van der Waals surface area contributed by atoms with Gasteiger partial charge >= 0.3 is 0 Å². The van der Waals surface area contributed by atoms with Gasteiger partial charge in [-0.15, -0.1) is 0 Å². The van der Waals surface area contributed by atoms with Crippen LogP contribution >= 0.6 is 15.9 Å². The van der Waals surface area contributed by atoms with Crippen molar-refractivity contribution in [3.63, 3.8) is 0 Å². The zero-order valence-corrected chi connectivity index (χ0v) is 12.0. The SMILES string of the molecule is COc1ccc2nc(-c3ccccc3)cc(Br)c2c1. The highest BCUT2D eigenvalue weighted by Gasteiger charge is 2.06. The van der Waals surface area contributed by atoms with Crippen LogP contribution in [0, 0.1) is 0 Å². The molecule has 1 heterocycles. The molecule has 0 aliphatic rings. The number of methoxy groups -OCH3 is 1. The first-order valence-corrected chi connectivity index (χ1v) is 6.77. The summed E-state index contributed by atoms with van der Waals surface area (Å²) in [5.41, 5.74) is 3.03. The highest BCUT2D eigenvalue weighted by molar-refractivity contribution is 9.10. The van der Waals surface area contributed by atoms with E-state index >= 15 is 0 Å². The van der Waals surface area contributed by atoms with E-state index in [9.17, 15) is 0 Å². The van der Waals surface area contributed by atoms with Gasteiger partial charge in [0.25, 0.3) is 0 Å². The Hall–Kier alpha value is -1.87. The Labute approximate surface area is 120 Å². The lowest BCUT2D eigenvalue weighted by atomic mass is 10.1. The van der Waals surface area contributed by atoms with Crippen LogP contribution in [0.25, 0.3) is 22.2 Å². The molecule has 0 radical (unpaired) electrons. The average molecular weight is 314 g/mol. The van der Waals surface area contributed by atoms with Crippen molar-refractivity contribution in [3.05, 3.63) is 59.1 Å². The first-order chi connectivity index (χ1) is 9.28. The maximum Gasteiger partial charge on any atom is 0.119 e. The summed E-state index contributed by atoms with van der Waals surface area (Å²) in [6.45, 7) is 0. The second-order valence-electron chi connectivity index (χ2n) is 4.24. The predicted molar refractivity (Wildman–Crippen MR) is 81.4 cm³/mol. The number of fused-ring (bicyclic) bond motifs is 1. The number of pyridine rings is 1. The molecule has 0 saturated heterocycles. The van der Waals surface area contributed by atoms with Gasteiger partial charge in [-0.3, -0.25) is 0 Å². The molecule has 0 amide bonds. The van der Waals surface area contributed by atoms with Crippen molar-refractivity contribution in [1.29, 1.82) is 0 Å². The summed E-state index contributed by atoms with van der Waals surface area (Å²) >= 11 is 3.61. The Bertz CT molecular complexity index is 725. The minimum atomic E-state index is 0.836. The molecule has 2 nitrogen and oxygen atoms in total. The van der Waals surface area contributed by atoms with Crippen LogP contribution in [-0.4, -0.2) is 12.1 Å². The number of rotatable bonds is 2. The molecule has 1 aromatic heterocycles. The maximum atomic E-state index is 5.24. The average Bonchev–Trinajstić information content (AvgIpc) is 2.48. The molecule has 19 heavy (non-hydrogen) atoms. The van der Waals surface area contributed by atoms with Gasteiger partial charge in [-0.1, -0.05) is 46.3 Å². The molecule has 0 atom stereocenters. The summed E-state index contributed by atoms with van der Waals surface area (Å²) in [7, 11) is 1.67. The lowest BCUT2D eigenvalue weighted by Crippen LogP contribution is -1.88. The van der Waals surface area contributed by atoms with Crippen molar-refractivity contribution in [2.24, 2.45) is 0 Å². The van der Waals surface area contributed by atoms with Gasteiger partial charge < -0.3 is 4.74 Å². The second-order valence-corrected chi connectivity index (χ2v) is 5.09. The molecule has 0 aliphatic carbocycles. The molecular formula is C16H12BrNO. The van der Waals surface area contributed by atoms with E-state index in [0.29, 0.717) is 0 Å². The van der Waals surface area contributed by atoms with Crippen LogP contribution in [0.2, 0.25) is 0 Å². The molecule has 0 N–H and O–H groups in total. The summed E-state index contributed by atoms with van der Waals surface area (Å²) in [5, 5.41) is 1.05. The fourth-order valence-electron chi connectivity index (χ4n) is 2.05. The lowest BCUT2D eigenvalue weighted by molar-refractivity contribution is 0.415. The second kappa shape index (κ2) is 5.02. The van der Waals surface area contributed by atoms with Crippen molar-refractivity contribution in [2.45, 2.75) is 0 Å². The monoisotopic (exact) mass is 313 g/mol. The van der Waals surface area contributed by atoms with Gasteiger partial charge in [0.15, 0.2) is 0 Å². The van der Waals surface area contributed by atoms with E-state index in [4.69, 9.17) is 9.72 Å². The molecule has 3 heteroatoms. The summed E-state index contributed by atoms with van der Waals surface area (Å²) in [6.07, 6.45) is 0. The minimum absolute atomic E-state index is 0.836. The largest absolute Gasteiger partial charge is 0.497 e. The number of nitrogens with zero attached hydrogens (tertiary/aromatic N) is 1. The van der Waals surface area contributed by atoms with Crippen LogP contribution in [0.3, 0.4) is 0 Å². The topological polar surface area (TPSA) is 22.1 Å². The van der Waals surface area contributed by atoms with Gasteiger partial charge in [0.2, 0.25) is 0 Å². The summed E-state index contributed by atoms with van der Waals surface area (Å²) in [6, 6.07) is 18.1. The molecule has 0 unspecified atom stereocenters. The van der Waals surface area contributed by atoms with Crippen molar-refractivity contribution in [3.8, 4) is 17.0 Å². The van der Waals surface area contributed by atoms with Gasteiger partial charge in [0.05, 0.1) is 18.3 Å². The number of hydrogen-bond acceptors (Lipinski definition) is 2. The van der Waals surface area contributed by atoms with Crippen LogP contribution in [-0.2, 0) is 0 Å². The standard InChI is InChI=1S/C16H12BrNO/c1-19-12-7-8-15-13(9-12)14(17)10-16(18-15)11-5-3-2-4-6-11/h2-10H,1H3. The molecule has 3 rings (SSSR count). The van der Waals surface area contributed by atoms with E-state index in [1.54, 1.807) is 7.11 Å². The fourth-order valence-corrected chi connectivity index (χ4v) is 2.58. The zero-order valence-electron chi connectivity index (χ0n) is 10.4. The molecule has 0 aliphatic heterocycles. The molecule has 0 saturated carbocycles. The van der Waals surface area contributed by atoms with Crippen molar-refractivity contribution in [2.75, 3.05) is 7.11 Å². The van der Waals surface area contributed by atoms with Crippen LogP contribution in [0.4, 0.5) is 0 Å². The van der Waals surface area contributed by atoms with Crippen LogP contribution in [0.5, 0.6) is 5.75 Å². The Balaban J connectivity index is 2.20. The third-order valence-electron chi connectivity index (χ3n) is 3.03. The fraction of sp³-hybridized carbons (Fsp3) is 0.0625. The number of hydrogen-bond donors (Lipinski definition) is 0. The zero-order chi connectivity index (χ0) is 13.2. The van der Waals surface area contributed by atoms with Crippen molar-refractivity contribution in [1.82, 2.24) is 4.98 Å². The molecule has 3 aromatic rings. The first-order valence-electron chi connectivity index (χ1n) is 5.97.